The minimum atomic E-state index is -0.515. The normalized spacial score (nSPS) is 15.7. The van der Waals surface area contributed by atoms with Crippen LogP contribution >= 0.6 is 34.2 Å². The lowest BCUT2D eigenvalue weighted by atomic mass is 10.2. The standard InChI is InChI=1S/C18H21ClFIN2O2/c19-15-5-3-14(13-16(15)20)4-6-17(24)23-10-7-18(25)22(11-12-23)9-2-1-8-21/h3-6,13H,1-2,7-12H2. The number of rotatable bonds is 6. The van der Waals surface area contributed by atoms with Gasteiger partial charge in [0.2, 0.25) is 11.8 Å². The fraction of sp³-hybridized carbons (Fsp3) is 0.444. The Morgan fingerprint density at radius 1 is 1.28 bits per heavy atom. The molecule has 4 nitrogen and oxygen atoms in total. The summed E-state index contributed by atoms with van der Waals surface area (Å²) >= 11 is 7.97. The molecule has 0 aliphatic carbocycles. The predicted molar refractivity (Wildman–Crippen MR) is 106 cm³/mol. The summed E-state index contributed by atoms with van der Waals surface area (Å²) in [6, 6.07) is 4.39. The van der Waals surface area contributed by atoms with Crippen molar-refractivity contribution in [2.75, 3.05) is 30.6 Å². The number of alkyl halides is 1. The van der Waals surface area contributed by atoms with Crippen LogP contribution in [0.3, 0.4) is 0 Å². The first-order chi connectivity index (χ1) is 12.0. The molecule has 0 N–H and O–H groups in total. The molecule has 1 aliphatic rings. The second-order valence-corrected chi connectivity index (χ2v) is 7.34. The summed E-state index contributed by atoms with van der Waals surface area (Å²) < 4.78 is 14.5. The molecular formula is C18H21ClFIN2O2. The van der Waals surface area contributed by atoms with Crippen LogP contribution in [0, 0.1) is 5.82 Å². The molecular weight excluding hydrogens is 458 g/mol. The Hall–Kier alpha value is -1.15. The zero-order chi connectivity index (χ0) is 18.2. The lowest BCUT2D eigenvalue weighted by molar-refractivity contribution is -0.130. The van der Waals surface area contributed by atoms with Gasteiger partial charge in [-0.3, -0.25) is 9.59 Å². The fourth-order valence-corrected chi connectivity index (χ4v) is 3.27. The number of nitrogens with zero attached hydrogens (tertiary/aromatic N) is 2. The van der Waals surface area contributed by atoms with Gasteiger partial charge in [0.1, 0.15) is 5.82 Å². The summed E-state index contributed by atoms with van der Waals surface area (Å²) in [5.41, 5.74) is 0.571. The topological polar surface area (TPSA) is 40.6 Å². The predicted octanol–water partition coefficient (Wildman–Crippen LogP) is 3.77. The van der Waals surface area contributed by atoms with Crippen molar-refractivity contribution in [1.82, 2.24) is 9.80 Å². The number of amides is 2. The van der Waals surface area contributed by atoms with Crippen molar-refractivity contribution in [3.63, 3.8) is 0 Å². The highest BCUT2D eigenvalue weighted by Gasteiger charge is 2.22. The second kappa shape index (κ2) is 10.1. The molecule has 1 saturated heterocycles. The van der Waals surface area contributed by atoms with Crippen molar-refractivity contribution >= 4 is 52.1 Å². The number of benzene rings is 1. The molecule has 0 spiro atoms. The van der Waals surface area contributed by atoms with Gasteiger partial charge in [-0.25, -0.2) is 4.39 Å². The van der Waals surface area contributed by atoms with E-state index in [0.29, 0.717) is 31.6 Å². The van der Waals surface area contributed by atoms with Gasteiger partial charge in [-0.15, -0.1) is 0 Å². The number of carbonyl (C=O) groups excluding carboxylic acids is 2. The second-order valence-electron chi connectivity index (χ2n) is 5.86. The molecule has 1 heterocycles. The molecule has 1 aliphatic heterocycles. The Balaban J connectivity index is 1.92. The van der Waals surface area contributed by atoms with Gasteiger partial charge in [0.25, 0.3) is 0 Å². The van der Waals surface area contributed by atoms with E-state index >= 15 is 0 Å². The molecule has 0 unspecified atom stereocenters. The van der Waals surface area contributed by atoms with E-state index < -0.39 is 5.82 Å². The summed E-state index contributed by atoms with van der Waals surface area (Å²) in [5, 5.41) is 0.0529. The average Bonchev–Trinajstić information content (AvgIpc) is 2.78. The maximum atomic E-state index is 13.4. The van der Waals surface area contributed by atoms with E-state index in [2.05, 4.69) is 22.6 Å². The van der Waals surface area contributed by atoms with Gasteiger partial charge in [-0.1, -0.05) is 40.3 Å². The summed E-state index contributed by atoms with van der Waals surface area (Å²) in [6.45, 7) is 2.26. The number of carbonyl (C=O) groups is 2. The van der Waals surface area contributed by atoms with Gasteiger partial charge in [0.15, 0.2) is 0 Å². The minimum Gasteiger partial charge on any atom is -0.341 e. The first kappa shape index (κ1) is 20.2. The average molecular weight is 479 g/mol. The van der Waals surface area contributed by atoms with Crippen LogP contribution in [0.15, 0.2) is 24.3 Å². The number of halogens is 3. The van der Waals surface area contributed by atoms with E-state index in [1.54, 1.807) is 17.0 Å². The fourth-order valence-electron chi connectivity index (χ4n) is 2.61. The van der Waals surface area contributed by atoms with Gasteiger partial charge < -0.3 is 9.80 Å². The largest absolute Gasteiger partial charge is 0.341 e. The number of hydrogen-bond acceptors (Lipinski definition) is 2. The first-order valence-electron chi connectivity index (χ1n) is 8.27. The van der Waals surface area contributed by atoms with Crippen LogP contribution in [0.5, 0.6) is 0 Å². The van der Waals surface area contributed by atoms with Crippen molar-refractivity contribution in [2.45, 2.75) is 19.3 Å². The Morgan fingerprint density at radius 2 is 2.08 bits per heavy atom. The van der Waals surface area contributed by atoms with Crippen molar-refractivity contribution in [1.29, 1.82) is 0 Å². The van der Waals surface area contributed by atoms with Crippen molar-refractivity contribution in [3.8, 4) is 0 Å². The molecule has 0 radical (unpaired) electrons. The summed E-state index contributed by atoms with van der Waals surface area (Å²) in [5.74, 6) is -0.580. The van der Waals surface area contributed by atoms with Crippen molar-refractivity contribution in [3.05, 3.63) is 40.7 Å². The molecule has 2 rings (SSSR count). The van der Waals surface area contributed by atoms with Gasteiger partial charge in [0, 0.05) is 38.7 Å². The third-order valence-corrected chi connectivity index (χ3v) is 5.14. The van der Waals surface area contributed by atoms with Crippen molar-refractivity contribution < 1.29 is 14.0 Å². The first-order valence-corrected chi connectivity index (χ1v) is 10.2. The Kier molecular flexibility index (Phi) is 8.15. The summed E-state index contributed by atoms with van der Waals surface area (Å²) in [6.07, 6.45) is 5.41. The smallest absolute Gasteiger partial charge is 0.246 e. The Labute approximate surface area is 166 Å². The molecule has 136 valence electrons. The maximum Gasteiger partial charge on any atom is 0.246 e. The van der Waals surface area contributed by atoms with E-state index in [0.717, 1.165) is 23.8 Å². The quantitative estimate of drug-likeness (QED) is 0.270. The zero-order valence-corrected chi connectivity index (χ0v) is 16.8. The molecule has 7 heteroatoms. The molecule has 25 heavy (non-hydrogen) atoms. The molecule has 0 bridgehead atoms. The van der Waals surface area contributed by atoms with Crippen LogP contribution in [-0.4, -0.2) is 52.2 Å². The highest BCUT2D eigenvalue weighted by molar-refractivity contribution is 14.1. The van der Waals surface area contributed by atoms with E-state index in [9.17, 15) is 14.0 Å². The third kappa shape index (κ3) is 6.26. The highest BCUT2D eigenvalue weighted by Crippen LogP contribution is 2.16. The van der Waals surface area contributed by atoms with Crippen LogP contribution in [0.25, 0.3) is 6.08 Å². The minimum absolute atomic E-state index is 0.0529. The van der Waals surface area contributed by atoms with Crippen LogP contribution < -0.4 is 0 Å². The lowest BCUT2D eigenvalue weighted by Gasteiger charge is -2.21. The number of unbranched alkanes of at least 4 members (excludes halogenated alkanes) is 1. The summed E-state index contributed by atoms with van der Waals surface area (Å²) in [4.78, 5) is 28.0. The molecule has 0 aromatic heterocycles. The summed E-state index contributed by atoms with van der Waals surface area (Å²) in [7, 11) is 0. The molecule has 1 fully saturated rings. The zero-order valence-electron chi connectivity index (χ0n) is 13.9. The van der Waals surface area contributed by atoms with Gasteiger partial charge in [-0.05, 0) is 41.0 Å². The van der Waals surface area contributed by atoms with E-state index in [4.69, 9.17) is 11.6 Å². The van der Waals surface area contributed by atoms with E-state index in [1.807, 2.05) is 4.90 Å². The van der Waals surface area contributed by atoms with Crippen LogP contribution in [-0.2, 0) is 9.59 Å². The molecule has 0 saturated carbocycles. The third-order valence-electron chi connectivity index (χ3n) is 4.07. The highest BCUT2D eigenvalue weighted by atomic mass is 127. The van der Waals surface area contributed by atoms with Gasteiger partial charge >= 0.3 is 0 Å². The Morgan fingerprint density at radius 3 is 2.80 bits per heavy atom. The SMILES string of the molecule is O=C(C=Cc1ccc(Cl)c(F)c1)N1CCC(=O)N(CCCCI)CC1. The van der Waals surface area contributed by atoms with E-state index in [-0.39, 0.29) is 16.8 Å². The molecule has 1 aromatic carbocycles. The molecule has 0 atom stereocenters. The molecule has 1 aromatic rings. The Bertz CT molecular complexity index is 654. The maximum absolute atomic E-state index is 13.4. The monoisotopic (exact) mass is 478 g/mol. The van der Waals surface area contributed by atoms with E-state index in [1.165, 1.54) is 18.2 Å². The van der Waals surface area contributed by atoms with Crippen LogP contribution in [0.1, 0.15) is 24.8 Å². The number of hydrogen-bond donors (Lipinski definition) is 0. The van der Waals surface area contributed by atoms with Gasteiger partial charge in [0.05, 0.1) is 5.02 Å². The van der Waals surface area contributed by atoms with Crippen LogP contribution in [0.2, 0.25) is 5.02 Å². The molecule has 2 amide bonds. The lowest BCUT2D eigenvalue weighted by Crippen LogP contribution is -2.35. The van der Waals surface area contributed by atoms with Gasteiger partial charge in [-0.2, -0.15) is 0 Å². The van der Waals surface area contributed by atoms with Crippen molar-refractivity contribution in [2.24, 2.45) is 0 Å². The van der Waals surface area contributed by atoms with Crippen LogP contribution in [0.4, 0.5) is 4.39 Å².